The predicted molar refractivity (Wildman–Crippen MR) is 330 cm³/mol. The van der Waals surface area contributed by atoms with E-state index in [0.29, 0.717) is 29.8 Å². The second kappa shape index (κ2) is 23.1. The molecule has 0 aliphatic carbocycles. The van der Waals surface area contributed by atoms with Gasteiger partial charge >= 0.3 is 0 Å². The quantitative estimate of drug-likeness (QED) is 0.172. The Labute approximate surface area is 482 Å². The molecule has 0 amide bonds. The molecule has 80 heavy (non-hydrogen) atoms. The Bertz CT molecular complexity index is 2840. The second-order valence-corrected chi connectivity index (χ2v) is 26.3. The van der Waals surface area contributed by atoms with E-state index < -0.39 is 0 Å². The van der Waals surface area contributed by atoms with Crippen molar-refractivity contribution in [2.24, 2.45) is 5.92 Å². The largest absolute Gasteiger partial charge is 0.354 e. The first-order valence-corrected chi connectivity index (χ1v) is 30.5. The number of fused-ring (bicyclic) bond motifs is 1. The molecule has 0 spiro atoms. The number of nitrogens with zero attached hydrogens (tertiary/aromatic N) is 13. The lowest BCUT2D eigenvalue weighted by Gasteiger charge is -2.64. The van der Waals surface area contributed by atoms with Crippen LogP contribution in [0, 0.1) is 89.0 Å². The highest BCUT2D eigenvalue weighted by Gasteiger charge is 2.57. The van der Waals surface area contributed by atoms with Crippen LogP contribution in [0.25, 0.3) is 0 Å². The van der Waals surface area contributed by atoms with Gasteiger partial charge < -0.3 is 9.80 Å². The van der Waals surface area contributed by atoms with E-state index in [9.17, 15) is 0 Å². The van der Waals surface area contributed by atoms with Gasteiger partial charge in [0.2, 0.25) is 0 Å². The summed E-state index contributed by atoms with van der Waals surface area (Å²) in [6.45, 7) is 49.6. The molecule has 0 saturated carbocycles. The van der Waals surface area contributed by atoms with Gasteiger partial charge in [0.1, 0.15) is 0 Å². The molecule has 10 unspecified atom stereocenters. The molecule has 9 saturated heterocycles. The van der Waals surface area contributed by atoms with Crippen LogP contribution < -0.4 is 9.80 Å². The van der Waals surface area contributed by atoms with Gasteiger partial charge in [-0.05, 0) is 232 Å². The van der Waals surface area contributed by atoms with Gasteiger partial charge in [0.05, 0.1) is 61.8 Å². The van der Waals surface area contributed by atoms with E-state index >= 15 is 0 Å². The molecule has 1 aromatic carbocycles. The van der Waals surface area contributed by atoms with Crippen molar-refractivity contribution in [2.75, 3.05) is 103 Å². The standard InChI is InChI=1S/C19H25N3.C17H25N3.C16H24N4.C15H25N3/c1-13-12-14(2)20-15(3)19(13)22-16(4)21(5)11-10-17-8-6-7-9-18(17)22;1-11-5-12(2)18-13(3)16(11)17-6-15-7-19(9-17)10-20(8-15)14(17)4;1-11-5-12(2)17-13(3)15(11)16-6-18-8-19(7-16)10-20(9-18)14(16)4;1-11-10-12(2)16-13(3)15(11)18-9-7-6-8-17(5)14(18)4/h6-9,12,16H,10-11H2,1-5H3;5,14-15H,6-10H2,1-4H3;5,14H,6-10H2,1-4H3;10,14H,6-9H2,1-5H3. The number of pyridine rings is 4. The third-order valence-corrected chi connectivity index (χ3v) is 20.2. The average Bonchev–Trinajstić information content (AvgIpc) is 3.61. The average molecular weight is 1090 g/mol. The van der Waals surface area contributed by atoms with Crippen molar-refractivity contribution in [2.45, 2.75) is 172 Å². The van der Waals surface area contributed by atoms with Crippen LogP contribution in [0.4, 0.5) is 17.1 Å². The minimum Gasteiger partial charge on any atom is -0.354 e. The molecule has 10 aliphatic heterocycles. The minimum absolute atomic E-state index is 0.240. The highest BCUT2D eigenvalue weighted by Crippen LogP contribution is 2.50. The Hall–Kier alpha value is -4.86. The van der Waals surface area contributed by atoms with E-state index in [1.54, 1.807) is 5.56 Å². The van der Waals surface area contributed by atoms with Gasteiger partial charge in [0.25, 0.3) is 0 Å². The fraction of sp³-hybridized carbons (Fsp3) is 0.612. The number of rotatable bonds is 4. The first kappa shape index (κ1) is 58.3. The van der Waals surface area contributed by atoms with E-state index in [4.69, 9.17) is 15.0 Å². The number of aromatic nitrogens is 4. The van der Waals surface area contributed by atoms with Crippen LogP contribution in [0.15, 0.2) is 48.5 Å². The van der Waals surface area contributed by atoms with Gasteiger partial charge in [0.15, 0.2) is 0 Å². The van der Waals surface area contributed by atoms with Gasteiger partial charge in [-0.3, -0.25) is 54.2 Å². The normalized spacial score (nSPS) is 31.3. The summed E-state index contributed by atoms with van der Waals surface area (Å²) in [6.07, 6.45) is 5.76. The van der Waals surface area contributed by atoms with Crippen LogP contribution in [0.2, 0.25) is 0 Å². The molecule has 10 aliphatic rings. The number of para-hydroxylation sites is 1. The van der Waals surface area contributed by atoms with Crippen molar-refractivity contribution in [3.8, 4) is 0 Å². The molecule has 15 rings (SSSR count). The number of benzene rings is 1. The van der Waals surface area contributed by atoms with Crippen LogP contribution in [-0.4, -0.2) is 172 Å². The molecule has 0 radical (unpaired) electrons. The second-order valence-electron chi connectivity index (χ2n) is 26.3. The summed E-state index contributed by atoms with van der Waals surface area (Å²) >= 11 is 0. The monoisotopic (exact) mass is 1090 g/mol. The van der Waals surface area contributed by atoms with Crippen molar-refractivity contribution in [1.29, 1.82) is 0 Å². The Morgan fingerprint density at radius 2 is 0.963 bits per heavy atom. The van der Waals surface area contributed by atoms with Crippen LogP contribution in [0.3, 0.4) is 0 Å². The Morgan fingerprint density at radius 3 is 1.54 bits per heavy atom. The first-order chi connectivity index (χ1) is 38.0. The fourth-order valence-electron chi connectivity index (χ4n) is 17.0. The van der Waals surface area contributed by atoms with Gasteiger partial charge in [-0.15, -0.1) is 0 Å². The maximum absolute atomic E-state index is 4.79. The number of aryl methyl sites for hydroxylation is 12. The summed E-state index contributed by atoms with van der Waals surface area (Å²) in [5.41, 5.74) is 23.7. The Morgan fingerprint density at radius 1 is 0.475 bits per heavy atom. The lowest BCUT2D eigenvalue weighted by molar-refractivity contribution is -0.172. The van der Waals surface area contributed by atoms with Crippen LogP contribution >= 0.6 is 0 Å². The summed E-state index contributed by atoms with van der Waals surface area (Å²) in [6, 6.07) is 18.9. The number of likely N-dealkylation sites (N-methyl/N-ethyl adjacent to an activating group) is 1. The summed E-state index contributed by atoms with van der Waals surface area (Å²) < 4.78 is 0. The fourth-order valence-corrected chi connectivity index (χ4v) is 17.0. The highest BCUT2D eigenvalue weighted by molar-refractivity contribution is 5.72. The summed E-state index contributed by atoms with van der Waals surface area (Å²) in [7, 11) is 4.42. The van der Waals surface area contributed by atoms with E-state index in [1.807, 2.05) is 0 Å². The molecule has 4 aromatic heterocycles. The third-order valence-electron chi connectivity index (χ3n) is 20.2. The molecule has 14 heterocycles. The molecule has 432 valence electrons. The molecule has 13 heteroatoms. The summed E-state index contributed by atoms with van der Waals surface area (Å²) in [5, 5.41) is 0. The zero-order valence-corrected chi connectivity index (χ0v) is 52.6. The van der Waals surface area contributed by atoms with Crippen molar-refractivity contribution >= 4 is 17.1 Å². The predicted octanol–water partition coefficient (Wildman–Crippen LogP) is 10.6. The van der Waals surface area contributed by atoms with Crippen LogP contribution in [0.1, 0.15) is 131 Å². The zero-order chi connectivity index (χ0) is 57.3. The maximum Gasteiger partial charge on any atom is 0.0840 e. The number of hydrogen-bond donors (Lipinski definition) is 0. The SMILES string of the molecule is Cc1cc(C)c(C23CC4CN(CN(C4)C2C)C3)c(C)n1.Cc1cc(C)c(C23CN4CN(CN(C4)C2C)C3)c(C)n1.Cc1cc(C)c(N2CCCCN(C)C2C)c(C)n1.Cc1cc(C)c(N2c3ccccc3CCN(C)C2C)c(C)n1. The molecule has 0 N–H and O–H groups in total. The summed E-state index contributed by atoms with van der Waals surface area (Å²) in [5.74, 6) is 0.855. The minimum atomic E-state index is 0.240. The van der Waals surface area contributed by atoms with Crippen molar-refractivity contribution < 1.29 is 0 Å². The molecule has 5 aromatic rings. The van der Waals surface area contributed by atoms with Gasteiger partial charge in [-0.1, -0.05) is 18.2 Å². The van der Waals surface area contributed by atoms with Crippen LogP contribution in [0.5, 0.6) is 0 Å². The molecule has 10 atom stereocenters. The molecular weight excluding hydrogens is 987 g/mol. The molecule has 9 fully saturated rings. The topological polar surface area (TPSA) is 80.7 Å². The maximum atomic E-state index is 4.79. The Kier molecular flexibility index (Phi) is 16.8. The smallest absolute Gasteiger partial charge is 0.0840 e. The Balaban J connectivity index is 0.000000120. The molecular formula is C67H99N13. The summed E-state index contributed by atoms with van der Waals surface area (Å²) in [4.78, 5) is 41.9. The first-order valence-electron chi connectivity index (χ1n) is 30.5. The van der Waals surface area contributed by atoms with E-state index in [2.05, 4.69) is 222 Å². The van der Waals surface area contributed by atoms with Crippen molar-refractivity contribution in [3.63, 3.8) is 0 Å². The van der Waals surface area contributed by atoms with E-state index in [0.717, 1.165) is 79.6 Å². The number of anilines is 3. The van der Waals surface area contributed by atoms with Gasteiger partial charge in [0, 0.05) is 109 Å². The van der Waals surface area contributed by atoms with Gasteiger partial charge in [-0.25, -0.2) is 0 Å². The number of hydrogen-bond acceptors (Lipinski definition) is 13. The van der Waals surface area contributed by atoms with E-state index in [1.165, 1.54) is 127 Å². The van der Waals surface area contributed by atoms with E-state index in [-0.39, 0.29) is 5.41 Å². The lowest BCUT2D eigenvalue weighted by atomic mass is 9.61. The third kappa shape index (κ3) is 11.0. The number of piperidine rings is 2. The van der Waals surface area contributed by atoms with Crippen molar-refractivity contribution in [3.05, 3.63) is 133 Å². The molecule has 13 nitrogen and oxygen atoms in total. The molecule has 8 bridgehead atoms. The van der Waals surface area contributed by atoms with Crippen LogP contribution in [-0.2, 0) is 17.3 Å². The van der Waals surface area contributed by atoms with Gasteiger partial charge in [-0.2, -0.15) is 0 Å². The highest BCUT2D eigenvalue weighted by atomic mass is 15.5. The van der Waals surface area contributed by atoms with Crippen molar-refractivity contribution in [1.82, 2.24) is 54.2 Å². The zero-order valence-electron chi connectivity index (χ0n) is 52.6. The lowest BCUT2D eigenvalue weighted by Crippen LogP contribution is -2.77.